The lowest BCUT2D eigenvalue weighted by atomic mass is 9.95. The van der Waals surface area contributed by atoms with Crippen molar-refractivity contribution in [2.24, 2.45) is 0 Å². The van der Waals surface area contributed by atoms with Gasteiger partial charge in [0, 0.05) is 6.54 Å². The summed E-state index contributed by atoms with van der Waals surface area (Å²) in [4.78, 5) is 11.6. The fraction of sp³-hybridized carbons (Fsp3) is 0.615. The van der Waals surface area contributed by atoms with E-state index in [0.717, 1.165) is 12.8 Å². The molecule has 2 aliphatic rings. The van der Waals surface area contributed by atoms with Gasteiger partial charge in [0.05, 0.1) is 18.2 Å². The van der Waals surface area contributed by atoms with Gasteiger partial charge in [-0.3, -0.25) is 4.79 Å². The van der Waals surface area contributed by atoms with Crippen molar-refractivity contribution in [3.63, 3.8) is 0 Å². The van der Waals surface area contributed by atoms with E-state index in [4.69, 9.17) is 4.74 Å². The van der Waals surface area contributed by atoms with Crippen LogP contribution in [0.25, 0.3) is 0 Å². The third kappa shape index (κ3) is 2.53. The first-order valence-electron chi connectivity index (χ1n) is 6.80. The molecule has 0 saturated carbocycles. The predicted molar refractivity (Wildman–Crippen MR) is 70.0 cm³/mol. The molecule has 2 bridgehead atoms. The molecular formula is C13H18N4O2. The number of hydrogen-bond acceptors (Lipinski definition) is 5. The third-order valence-corrected chi connectivity index (χ3v) is 3.67. The molecule has 3 heterocycles. The zero-order chi connectivity index (χ0) is 13.2. The Kier molecular flexibility index (Phi) is 3.33. The number of carbonyl (C=O) groups is 1. The summed E-state index contributed by atoms with van der Waals surface area (Å²) in [5.41, 5.74) is 0.344. The molecule has 1 amide bonds. The maximum Gasteiger partial charge on any atom is 0.271 e. The summed E-state index contributed by atoms with van der Waals surface area (Å²) in [5, 5.41) is 14.0. The summed E-state index contributed by atoms with van der Waals surface area (Å²) in [5.74, 6) is 0.513. The Morgan fingerprint density at radius 3 is 2.89 bits per heavy atom. The van der Waals surface area contributed by atoms with Crippen molar-refractivity contribution >= 4 is 11.7 Å². The quantitative estimate of drug-likeness (QED) is 0.845. The molecule has 102 valence electrons. The maximum absolute atomic E-state index is 11.6. The molecule has 3 unspecified atom stereocenters. The number of nitrogens with zero attached hydrogens (tertiary/aromatic N) is 2. The summed E-state index contributed by atoms with van der Waals surface area (Å²) in [7, 11) is 0. The highest BCUT2D eigenvalue weighted by Crippen LogP contribution is 2.35. The van der Waals surface area contributed by atoms with Crippen molar-refractivity contribution in [3.05, 3.63) is 17.8 Å². The highest BCUT2D eigenvalue weighted by atomic mass is 16.5. The maximum atomic E-state index is 11.6. The van der Waals surface area contributed by atoms with Crippen LogP contribution in [0.4, 0.5) is 5.82 Å². The molecule has 2 aliphatic heterocycles. The average Bonchev–Trinajstić information content (AvgIpc) is 3.02. The topological polar surface area (TPSA) is 76.1 Å². The van der Waals surface area contributed by atoms with Crippen LogP contribution in [0.2, 0.25) is 0 Å². The summed E-state index contributed by atoms with van der Waals surface area (Å²) in [6, 6.07) is 3.81. The molecule has 0 aliphatic carbocycles. The number of hydrogen-bond donors (Lipinski definition) is 2. The molecule has 2 saturated heterocycles. The normalized spacial score (nSPS) is 28.4. The molecule has 19 heavy (non-hydrogen) atoms. The molecule has 0 radical (unpaired) electrons. The minimum atomic E-state index is -0.190. The summed E-state index contributed by atoms with van der Waals surface area (Å²) in [6.07, 6.45) is 4.03. The first-order valence-corrected chi connectivity index (χ1v) is 6.80. The second kappa shape index (κ2) is 5.13. The van der Waals surface area contributed by atoms with Gasteiger partial charge in [0.2, 0.25) is 0 Å². The minimum absolute atomic E-state index is 0.190. The molecule has 1 aromatic rings. The van der Waals surface area contributed by atoms with Crippen LogP contribution in [-0.2, 0) is 4.74 Å². The van der Waals surface area contributed by atoms with Crippen LogP contribution >= 0.6 is 0 Å². The molecular weight excluding hydrogens is 244 g/mol. The summed E-state index contributed by atoms with van der Waals surface area (Å²) in [6.45, 7) is 2.46. The second-order valence-corrected chi connectivity index (χ2v) is 5.02. The van der Waals surface area contributed by atoms with Gasteiger partial charge in [-0.2, -0.15) is 0 Å². The molecule has 0 aromatic carbocycles. The van der Waals surface area contributed by atoms with E-state index in [1.807, 2.05) is 6.92 Å². The fourth-order valence-electron chi connectivity index (χ4n) is 2.76. The Bertz CT molecular complexity index is 462. The van der Waals surface area contributed by atoms with E-state index in [1.165, 1.54) is 6.42 Å². The van der Waals surface area contributed by atoms with E-state index < -0.39 is 0 Å². The van der Waals surface area contributed by atoms with Crippen LogP contribution in [-0.4, -0.2) is 40.9 Å². The fourth-order valence-corrected chi connectivity index (χ4v) is 2.76. The second-order valence-electron chi connectivity index (χ2n) is 5.02. The van der Waals surface area contributed by atoms with Gasteiger partial charge in [0.15, 0.2) is 5.69 Å². The van der Waals surface area contributed by atoms with Gasteiger partial charge in [0.1, 0.15) is 5.82 Å². The lowest BCUT2D eigenvalue weighted by molar-refractivity contribution is 0.0949. The van der Waals surface area contributed by atoms with Crippen molar-refractivity contribution in [3.8, 4) is 0 Å². The van der Waals surface area contributed by atoms with Crippen LogP contribution in [0, 0.1) is 0 Å². The van der Waals surface area contributed by atoms with Crippen LogP contribution < -0.4 is 10.6 Å². The molecule has 3 atom stereocenters. The van der Waals surface area contributed by atoms with E-state index in [2.05, 4.69) is 20.8 Å². The van der Waals surface area contributed by atoms with Crippen LogP contribution in [0.5, 0.6) is 0 Å². The molecule has 2 fully saturated rings. The predicted octanol–water partition coefficient (Wildman–Crippen LogP) is 0.958. The lowest BCUT2D eigenvalue weighted by Crippen LogP contribution is -2.31. The lowest BCUT2D eigenvalue weighted by Gasteiger charge is -2.20. The van der Waals surface area contributed by atoms with E-state index in [9.17, 15) is 4.79 Å². The zero-order valence-corrected chi connectivity index (χ0v) is 10.9. The van der Waals surface area contributed by atoms with Gasteiger partial charge in [-0.1, -0.05) is 0 Å². The van der Waals surface area contributed by atoms with Gasteiger partial charge >= 0.3 is 0 Å². The van der Waals surface area contributed by atoms with Crippen molar-refractivity contribution in [2.45, 2.75) is 44.4 Å². The molecule has 1 aromatic heterocycles. The smallest absolute Gasteiger partial charge is 0.271 e. The molecule has 6 heteroatoms. The van der Waals surface area contributed by atoms with Gasteiger partial charge in [-0.25, -0.2) is 0 Å². The Hall–Kier alpha value is -1.69. The van der Waals surface area contributed by atoms with E-state index in [1.54, 1.807) is 12.1 Å². The van der Waals surface area contributed by atoms with Crippen molar-refractivity contribution in [1.82, 2.24) is 15.5 Å². The Morgan fingerprint density at radius 1 is 1.42 bits per heavy atom. The number of rotatable bonds is 4. The zero-order valence-electron chi connectivity index (χ0n) is 10.9. The average molecular weight is 262 g/mol. The van der Waals surface area contributed by atoms with Crippen LogP contribution in [0.15, 0.2) is 12.1 Å². The number of amides is 1. The van der Waals surface area contributed by atoms with Crippen LogP contribution in [0.1, 0.15) is 36.7 Å². The van der Waals surface area contributed by atoms with Gasteiger partial charge in [0.25, 0.3) is 5.91 Å². The minimum Gasteiger partial charge on any atom is -0.373 e. The Balaban J connectivity index is 1.61. The number of nitrogens with one attached hydrogen (secondary N) is 2. The molecule has 2 N–H and O–H groups in total. The first kappa shape index (κ1) is 12.3. The van der Waals surface area contributed by atoms with E-state index >= 15 is 0 Å². The van der Waals surface area contributed by atoms with Crippen molar-refractivity contribution < 1.29 is 9.53 Å². The Morgan fingerprint density at radius 2 is 2.32 bits per heavy atom. The van der Waals surface area contributed by atoms with Gasteiger partial charge < -0.3 is 15.4 Å². The van der Waals surface area contributed by atoms with E-state index in [-0.39, 0.29) is 5.91 Å². The van der Waals surface area contributed by atoms with E-state index in [0.29, 0.717) is 36.3 Å². The number of aromatic nitrogens is 2. The van der Waals surface area contributed by atoms with Crippen molar-refractivity contribution in [2.75, 3.05) is 11.9 Å². The number of ether oxygens (including phenoxy) is 1. The molecule has 3 rings (SSSR count). The highest BCUT2D eigenvalue weighted by molar-refractivity contribution is 5.92. The highest BCUT2D eigenvalue weighted by Gasteiger charge is 2.40. The SMILES string of the molecule is CCNC(=O)c1ccc(NC2CC3CCC2O3)nn1. The molecule has 0 spiro atoms. The van der Waals surface area contributed by atoms with Gasteiger partial charge in [-0.05, 0) is 38.3 Å². The summed E-state index contributed by atoms with van der Waals surface area (Å²) < 4.78 is 5.78. The Labute approximate surface area is 111 Å². The number of anilines is 1. The number of carbonyl (C=O) groups excluding carboxylic acids is 1. The molecule has 6 nitrogen and oxygen atoms in total. The van der Waals surface area contributed by atoms with Gasteiger partial charge in [-0.15, -0.1) is 10.2 Å². The standard InChI is InChI=1S/C13H18N4O2/c1-2-14-13(18)9-4-6-12(17-16-9)15-10-7-8-3-5-11(10)19-8/h4,6,8,10-11H,2-3,5,7H2,1H3,(H,14,18)(H,15,17). The number of fused-ring (bicyclic) bond motifs is 2. The summed E-state index contributed by atoms with van der Waals surface area (Å²) >= 11 is 0. The monoisotopic (exact) mass is 262 g/mol. The van der Waals surface area contributed by atoms with Crippen molar-refractivity contribution in [1.29, 1.82) is 0 Å². The third-order valence-electron chi connectivity index (χ3n) is 3.67. The largest absolute Gasteiger partial charge is 0.373 e. The first-order chi connectivity index (χ1) is 9.26. The van der Waals surface area contributed by atoms with Crippen LogP contribution in [0.3, 0.4) is 0 Å².